The van der Waals surface area contributed by atoms with Crippen LogP contribution in [-0.4, -0.2) is 24.4 Å². The Labute approximate surface area is 104 Å². The molecular weight excluding hydrogens is 216 g/mol. The van der Waals surface area contributed by atoms with Crippen LogP contribution in [0.4, 0.5) is 0 Å². The van der Waals surface area contributed by atoms with E-state index in [4.69, 9.17) is 5.73 Å². The van der Waals surface area contributed by atoms with Crippen LogP contribution in [0.3, 0.4) is 0 Å². The summed E-state index contributed by atoms with van der Waals surface area (Å²) in [4.78, 5) is 4.53. The number of thioether (sulfide) groups is 1. The smallest absolute Gasteiger partial charge is 0.0968 e. The lowest BCUT2D eigenvalue weighted by molar-refractivity contribution is 0.436. The standard InChI is InChI=1S/C13H26N2S/c1-16-11-7-3-6-10-15-13(14)12-8-4-2-5-9-12/h12H,2-11H2,1H3,(H2,14,15). The van der Waals surface area contributed by atoms with Gasteiger partial charge in [0.05, 0.1) is 5.84 Å². The van der Waals surface area contributed by atoms with E-state index < -0.39 is 0 Å². The molecule has 1 aliphatic rings. The third-order valence-corrected chi connectivity index (χ3v) is 4.02. The minimum atomic E-state index is 0.597. The van der Waals surface area contributed by atoms with E-state index in [1.165, 1.54) is 57.1 Å². The summed E-state index contributed by atoms with van der Waals surface area (Å²) in [6.07, 6.45) is 12.6. The average molecular weight is 242 g/mol. The first-order chi connectivity index (χ1) is 7.84. The monoisotopic (exact) mass is 242 g/mol. The summed E-state index contributed by atoms with van der Waals surface area (Å²) in [5.74, 6) is 2.81. The Hall–Kier alpha value is -0.180. The van der Waals surface area contributed by atoms with E-state index >= 15 is 0 Å². The molecule has 0 spiro atoms. The Balaban J connectivity index is 2.07. The zero-order valence-corrected chi connectivity index (χ0v) is 11.4. The summed E-state index contributed by atoms with van der Waals surface area (Å²) < 4.78 is 0. The van der Waals surface area contributed by atoms with E-state index in [1.54, 1.807) is 0 Å². The molecule has 0 atom stereocenters. The molecule has 0 bridgehead atoms. The predicted octanol–water partition coefficient (Wildman–Crippen LogP) is 3.46. The summed E-state index contributed by atoms with van der Waals surface area (Å²) in [6, 6.07) is 0. The summed E-state index contributed by atoms with van der Waals surface area (Å²) in [5, 5.41) is 0. The maximum atomic E-state index is 6.04. The van der Waals surface area contributed by atoms with Crippen molar-refractivity contribution in [3.8, 4) is 0 Å². The number of hydrogen-bond acceptors (Lipinski definition) is 2. The zero-order chi connectivity index (χ0) is 11.6. The van der Waals surface area contributed by atoms with E-state index in [-0.39, 0.29) is 0 Å². The second-order valence-electron chi connectivity index (χ2n) is 4.69. The van der Waals surface area contributed by atoms with Crippen LogP contribution in [0.1, 0.15) is 51.4 Å². The number of rotatable bonds is 7. The van der Waals surface area contributed by atoms with E-state index in [1.807, 2.05) is 11.8 Å². The third-order valence-electron chi connectivity index (χ3n) is 3.32. The molecule has 0 heterocycles. The van der Waals surface area contributed by atoms with Crippen LogP contribution in [-0.2, 0) is 0 Å². The van der Waals surface area contributed by atoms with Gasteiger partial charge in [-0.05, 0) is 37.7 Å². The number of nitrogens with two attached hydrogens (primary N) is 1. The molecule has 2 N–H and O–H groups in total. The highest BCUT2D eigenvalue weighted by Gasteiger charge is 2.16. The van der Waals surface area contributed by atoms with Crippen molar-refractivity contribution in [1.29, 1.82) is 0 Å². The van der Waals surface area contributed by atoms with Crippen molar-refractivity contribution in [1.82, 2.24) is 0 Å². The quantitative estimate of drug-likeness (QED) is 0.422. The fourth-order valence-electron chi connectivity index (χ4n) is 2.27. The minimum Gasteiger partial charge on any atom is -0.387 e. The topological polar surface area (TPSA) is 38.4 Å². The summed E-state index contributed by atoms with van der Waals surface area (Å²) in [7, 11) is 0. The second kappa shape index (κ2) is 8.91. The number of amidine groups is 1. The molecule has 0 saturated heterocycles. The van der Waals surface area contributed by atoms with Gasteiger partial charge in [-0.25, -0.2) is 0 Å². The molecule has 0 aromatic heterocycles. The van der Waals surface area contributed by atoms with Gasteiger partial charge in [-0.15, -0.1) is 0 Å². The van der Waals surface area contributed by atoms with E-state index in [0.29, 0.717) is 5.92 Å². The minimum absolute atomic E-state index is 0.597. The lowest BCUT2D eigenvalue weighted by Crippen LogP contribution is -2.26. The molecule has 1 saturated carbocycles. The molecule has 94 valence electrons. The van der Waals surface area contributed by atoms with E-state index in [0.717, 1.165) is 12.4 Å². The van der Waals surface area contributed by atoms with E-state index in [2.05, 4.69) is 11.2 Å². The maximum absolute atomic E-state index is 6.04. The van der Waals surface area contributed by atoms with Gasteiger partial charge in [0.2, 0.25) is 0 Å². The Morgan fingerprint density at radius 1 is 1.19 bits per heavy atom. The fourth-order valence-corrected chi connectivity index (χ4v) is 2.76. The van der Waals surface area contributed by atoms with Gasteiger partial charge < -0.3 is 5.73 Å². The molecule has 0 aromatic rings. The lowest BCUT2D eigenvalue weighted by atomic mass is 9.88. The Morgan fingerprint density at radius 3 is 2.62 bits per heavy atom. The van der Waals surface area contributed by atoms with Gasteiger partial charge >= 0.3 is 0 Å². The van der Waals surface area contributed by atoms with Crippen LogP contribution >= 0.6 is 11.8 Å². The molecule has 2 nitrogen and oxygen atoms in total. The molecule has 0 aromatic carbocycles. The highest BCUT2D eigenvalue weighted by Crippen LogP contribution is 2.23. The highest BCUT2D eigenvalue weighted by molar-refractivity contribution is 7.98. The molecule has 0 radical (unpaired) electrons. The van der Waals surface area contributed by atoms with Crippen molar-refractivity contribution in [3.05, 3.63) is 0 Å². The molecular formula is C13H26N2S. The van der Waals surface area contributed by atoms with Gasteiger partial charge in [0, 0.05) is 12.5 Å². The fraction of sp³-hybridized carbons (Fsp3) is 0.923. The SMILES string of the molecule is CSCCCCCN=C(N)C1CCCCC1. The van der Waals surface area contributed by atoms with Crippen LogP contribution in [0.5, 0.6) is 0 Å². The van der Waals surface area contributed by atoms with Gasteiger partial charge in [-0.3, -0.25) is 4.99 Å². The van der Waals surface area contributed by atoms with Gasteiger partial charge in [-0.1, -0.05) is 25.7 Å². The van der Waals surface area contributed by atoms with Crippen LogP contribution in [0.15, 0.2) is 4.99 Å². The molecule has 16 heavy (non-hydrogen) atoms. The number of unbranched alkanes of at least 4 members (excludes halogenated alkanes) is 2. The van der Waals surface area contributed by atoms with Crippen molar-refractivity contribution < 1.29 is 0 Å². The average Bonchev–Trinajstić information content (AvgIpc) is 2.34. The molecule has 0 unspecified atom stereocenters. The predicted molar refractivity (Wildman–Crippen MR) is 75.3 cm³/mol. The summed E-state index contributed by atoms with van der Waals surface area (Å²) >= 11 is 1.93. The van der Waals surface area contributed by atoms with Crippen molar-refractivity contribution in [2.45, 2.75) is 51.4 Å². The largest absolute Gasteiger partial charge is 0.387 e. The van der Waals surface area contributed by atoms with E-state index in [9.17, 15) is 0 Å². The van der Waals surface area contributed by atoms with Crippen molar-refractivity contribution >= 4 is 17.6 Å². The van der Waals surface area contributed by atoms with Gasteiger partial charge in [0.25, 0.3) is 0 Å². The van der Waals surface area contributed by atoms with Gasteiger partial charge in [0.15, 0.2) is 0 Å². The molecule has 1 rings (SSSR count). The third kappa shape index (κ3) is 5.78. The van der Waals surface area contributed by atoms with Crippen LogP contribution in [0.25, 0.3) is 0 Å². The Morgan fingerprint density at radius 2 is 1.94 bits per heavy atom. The molecule has 0 amide bonds. The number of nitrogens with zero attached hydrogens (tertiary/aromatic N) is 1. The summed E-state index contributed by atoms with van der Waals surface area (Å²) in [5.41, 5.74) is 6.04. The first-order valence-electron chi connectivity index (χ1n) is 6.63. The first kappa shape index (κ1) is 13.9. The number of hydrogen-bond donors (Lipinski definition) is 1. The first-order valence-corrected chi connectivity index (χ1v) is 8.02. The maximum Gasteiger partial charge on any atom is 0.0968 e. The highest BCUT2D eigenvalue weighted by atomic mass is 32.2. The number of aliphatic imine (C=N–C) groups is 1. The second-order valence-corrected chi connectivity index (χ2v) is 5.68. The van der Waals surface area contributed by atoms with Gasteiger partial charge in [0.1, 0.15) is 0 Å². The van der Waals surface area contributed by atoms with Crippen molar-refractivity contribution in [2.24, 2.45) is 16.6 Å². The zero-order valence-electron chi connectivity index (χ0n) is 10.6. The molecule has 3 heteroatoms. The lowest BCUT2D eigenvalue weighted by Gasteiger charge is -2.20. The van der Waals surface area contributed by atoms with Gasteiger partial charge in [-0.2, -0.15) is 11.8 Å². The molecule has 1 aliphatic carbocycles. The van der Waals surface area contributed by atoms with Crippen molar-refractivity contribution in [3.63, 3.8) is 0 Å². The molecule has 0 aliphatic heterocycles. The summed E-state index contributed by atoms with van der Waals surface area (Å²) in [6.45, 7) is 0.941. The van der Waals surface area contributed by atoms with Crippen molar-refractivity contribution in [2.75, 3.05) is 18.6 Å². The van der Waals surface area contributed by atoms with Crippen LogP contribution < -0.4 is 5.73 Å². The van der Waals surface area contributed by atoms with Crippen LogP contribution in [0.2, 0.25) is 0 Å². The van der Waals surface area contributed by atoms with Crippen LogP contribution in [0, 0.1) is 5.92 Å². The molecule has 1 fully saturated rings. The Kier molecular flexibility index (Phi) is 7.73. The normalized spacial score (nSPS) is 18.9. The Bertz CT molecular complexity index is 198.